The van der Waals surface area contributed by atoms with Gasteiger partial charge in [-0.3, -0.25) is 14.6 Å². The lowest BCUT2D eigenvalue weighted by Gasteiger charge is -2.13. The van der Waals surface area contributed by atoms with Gasteiger partial charge < -0.3 is 9.47 Å². The van der Waals surface area contributed by atoms with Gasteiger partial charge >= 0.3 is 11.9 Å². The molecule has 1 unspecified atom stereocenters. The fraction of sp³-hybridized carbons (Fsp3) is 0.357. The molecule has 1 atom stereocenters. The van der Waals surface area contributed by atoms with E-state index in [1.807, 2.05) is 0 Å². The van der Waals surface area contributed by atoms with Gasteiger partial charge in [-0.25, -0.2) is 0 Å². The second kappa shape index (κ2) is 7.31. The van der Waals surface area contributed by atoms with Crippen molar-refractivity contribution in [3.63, 3.8) is 0 Å². The number of aromatic nitrogens is 1. The molecule has 5 nitrogen and oxygen atoms in total. The van der Waals surface area contributed by atoms with Crippen LogP contribution in [0.25, 0.3) is 6.08 Å². The van der Waals surface area contributed by atoms with Crippen LogP contribution in [-0.4, -0.2) is 23.2 Å². The van der Waals surface area contributed by atoms with Crippen molar-refractivity contribution in [2.45, 2.75) is 33.0 Å². The first kappa shape index (κ1) is 14.9. The molecule has 0 bridgehead atoms. The van der Waals surface area contributed by atoms with Crippen LogP contribution >= 0.6 is 0 Å². The Balaban J connectivity index is 2.50. The van der Waals surface area contributed by atoms with Crippen molar-refractivity contribution in [2.24, 2.45) is 0 Å². The monoisotopic (exact) mass is 263 g/mol. The fourth-order valence-electron chi connectivity index (χ4n) is 1.39. The Morgan fingerprint density at radius 1 is 1.42 bits per heavy atom. The number of pyridine rings is 1. The zero-order chi connectivity index (χ0) is 14.3. The summed E-state index contributed by atoms with van der Waals surface area (Å²) < 4.78 is 9.79. The molecule has 0 N–H and O–H groups in total. The van der Waals surface area contributed by atoms with Crippen LogP contribution in [-0.2, 0) is 25.5 Å². The van der Waals surface area contributed by atoms with E-state index in [9.17, 15) is 9.59 Å². The Morgan fingerprint density at radius 3 is 2.74 bits per heavy atom. The van der Waals surface area contributed by atoms with Crippen LogP contribution in [0.1, 0.15) is 31.5 Å². The van der Waals surface area contributed by atoms with Crippen molar-refractivity contribution in [1.82, 2.24) is 4.98 Å². The van der Waals surface area contributed by atoms with Gasteiger partial charge in [0, 0.05) is 19.5 Å². The highest BCUT2D eigenvalue weighted by Gasteiger charge is 2.14. The van der Waals surface area contributed by atoms with E-state index < -0.39 is 18.2 Å². The van der Waals surface area contributed by atoms with Gasteiger partial charge in [0.1, 0.15) is 0 Å². The predicted octanol–water partition coefficient (Wildman–Crippen LogP) is 2.11. The third-order valence-electron chi connectivity index (χ3n) is 2.29. The first-order valence-electron chi connectivity index (χ1n) is 6.01. The first-order chi connectivity index (χ1) is 9.05. The largest absolute Gasteiger partial charge is 0.425 e. The lowest BCUT2D eigenvalue weighted by Crippen LogP contribution is -2.22. The average Bonchev–Trinajstić information content (AvgIpc) is 2.38. The normalized spacial score (nSPS) is 11.5. The van der Waals surface area contributed by atoms with Gasteiger partial charge in [-0.05, 0) is 17.7 Å². The molecule has 0 amide bonds. The lowest BCUT2D eigenvalue weighted by atomic mass is 10.2. The number of ether oxygens (including phenoxy) is 2. The van der Waals surface area contributed by atoms with Crippen molar-refractivity contribution >= 4 is 18.0 Å². The van der Waals surface area contributed by atoms with E-state index in [-0.39, 0.29) is 12.8 Å². The molecular weight excluding hydrogens is 246 g/mol. The van der Waals surface area contributed by atoms with E-state index >= 15 is 0 Å². The van der Waals surface area contributed by atoms with Crippen LogP contribution in [0.15, 0.2) is 24.9 Å². The SMILES string of the molecule is C=Cc1ccnc(CC(=O)OC(C)OC(=O)CC)c1. The topological polar surface area (TPSA) is 65.5 Å². The van der Waals surface area contributed by atoms with Crippen LogP contribution in [0.3, 0.4) is 0 Å². The predicted molar refractivity (Wildman–Crippen MR) is 70.0 cm³/mol. The second-order valence-electron chi connectivity index (χ2n) is 3.86. The quantitative estimate of drug-likeness (QED) is 0.581. The van der Waals surface area contributed by atoms with Crippen molar-refractivity contribution < 1.29 is 19.1 Å². The van der Waals surface area contributed by atoms with Gasteiger partial charge in [0.05, 0.1) is 12.1 Å². The Hall–Kier alpha value is -2.17. The van der Waals surface area contributed by atoms with Crippen molar-refractivity contribution in [2.75, 3.05) is 0 Å². The molecule has 0 fully saturated rings. The first-order valence-corrected chi connectivity index (χ1v) is 6.01. The number of esters is 2. The molecule has 0 aromatic carbocycles. The highest BCUT2D eigenvalue weighted by molar-refractivity contribution is 5.73. The summed E-state index contributed by atoms with van der Waals surface area (Å²) >= 11 is 0. The molecule has 0 aliphatic heterocycles. The zero-order valence-corrected chi connectivity index (χ0v) is 11.1. The standard InChI is InChI=1S/C14H17NO4/c1-4-11-6-7-15-12(8-11)9-14(17)19-10(3)18-13(16)5-2/h4,6-8,10H,1,5,9H2,2-3H3. The molecule has 0 saturated carbocycles. The third kappa shape index (κ3) is 5.33. The van der Waals surface area contributed by atoms with Gasteiger partial charge in [0.2, 0.25) is 6.29 Å². The van der Waals surface area contributed by atoms with Gasteiger partial charge in [-0.1, -0.05) is 19.6 Å². The van der Waals surface area contributed by atoms with Crippen molar-refractivity contribution in [3.8, 4) is 0 Å². The summed E-state index contributed by atoms with van der Waals surface area (Å²) in [6.07, 6.45) is 2.64. The van der Waals surface area contributed by atoms with Gasteiger partial charge in [-0.2, -0.15) is 0 Å². The molecular formula is C14H17NO4. The maximum absolute atomic E-state index is 11.6. The van der Waals surface area contributed by atoms with Crippen LogP contribution < -0.4 is 0 Å². The van der Waals surface area contributed by atoms with E-state index in [1.54, 1.807) is 31.3 Å². The molecule has 1 heterocycles. The van der Waals surface area contributed by atoms with Crippen molar-refractivity contribution in [1.29, 1.82) is 0 Å². The highest BCUT2D eigenvalue weighted by Crippen LogP contribution is 2.06. The number of rotatable bonds is 6. The Labute approximate surface area is 112 Å². The summed E-state index contributed by atoms with van der Waals surface area (Å²) in [6, 6.07) is 3.53. The Kier molecular flexibility index (Phi) is 5.73. The molecule has 1 aromatic heterocycles. The van der Waals surface area contributed by atoms with E-state index in [4.69, 9.17) is 9.47 Å². The van der Waals surface area contributed by atoms with E-state index in [0.717, 1.165) is 5.56 Å². The fourth-order valence-corrected chi connectivity index (χ4v) is 1.39. The minimum Gasteiger partial charge on any atom is -0.425 e. The zero-order valence-electron chi connectivity index (χ0n) is 11.1. The number of carbonyl (C=O) groups excluding carboxylic acids is 2. The molecule has 0 radical (unpaired) electrons. The molecule has 5 heteroatoms. The van der Waals surface area contributed by atoms with Crippen LogP contribution in [0.5, 0.6) is 0 Å². The molecule has 19 heavy (non-hydrogen) atoms. The molecule has 1 aromatic rings. The van der Waals surface area contributed by atoms with Crippen LogP contribution in [0, 0.1) is 0 Å². The van der Waals surface area contributed by atoms with E-state index in [0.29, 0.717) is 5.69 Å². The number of hydrogen-bond donors (Lipinski definition) is 0. The van der Waals surface area contributed by atoms with E-state index in [2.05, 4.69) is 11.6 Å². The number of nitrogens with zero attached hydrogens (tertiary/aromatic N) is 1. The lowest BCUT2D eigenvalue weighted by molar-refractivity contribution is -0.183. The van der Waals surface area contributed by atoms with Crippen molar-refractivity contribution in [3.05, 3.63) is 36.2 Å². The molecule has 0 aliphatic rings. The molecule has 1 rings (SSSR count). The summed E-state index contributed by atoms with van der Waals surface area (Å²) in [5.74, 6) is -0.905. The summed E-state index contributed by atoms with van der Waals surface area (Å²) in [5.41, 5.74) is 1.46. The molecule has 0 spiro atoms. The minimum absolute atomic E-state index is 0.0235. The van der Waals surface area contributed by atoms with Gasteiger partial charge in [0.15, 0.2) is 0 Å². The van der Waals surface area contributed by atoms with Crippen LogP contribution in [0.4, 0.5) is 0 Å². The Bertz CT molecular complexity index is 470. The molecule has 102 valence electrons. The van der Waals surface area contributed by atoms with Gasteiger partial charge in [-0.15, -0.1) is 0 Å². The molecule has 0 saturated heterocycles. The average molecular weight is 263 g/mol. The minimum atomic E-state index is -0.887. The Morgan fingerprint density at radius 2 is 2.11 bits per heavy atom. The smallest absolute Gasteiger partial charge is 0.314 e. The summed E-state index contributed by atoms with van der Waals surface area (Å²) in [5, 5.41) is 0. The molecule has 0 aliphatic carbocycles. The number of hydrogen-bond acceptors (Lipinski definition) is 5. The maximum atomic E-state index is 11.6. The summed E-state index contributed by atoms with van der Waals surface area (Å²) in [6.45, 7) is 6.81. The highest BCUT2D eigenvalue weighted by atomic mass is 16.7. The summed E-state index contributed by atoms with van der Waals surface area (Å²) in [7, 11) is 0. The third-order valence-corrected chi connectivity index (χ3v) is 2.29. The van der Waals surface area contributed by atoms with Crippen LogP contribution in [0.2, 0.25) is 0 Å². The van der Waals surface area contributed by atoms with Gasteiger partial charge in [0.25, 0.3) is 0 Å². The second-order valence-corrected chi connectivity index (χ2v) is 3.86. The van der Waals surface area contributed by atoms with E-state index in [1.165, 1.54) is 6.92 Å². The maximum Gasteiger partial charge on any atom is 0.314 e. The number of carbonyl (C=O) groups is 2. The summed E-state index contributed by atoms with van der Waals surface area (Å²) in [4.78, 5) is 26.7.